The van der Waals surface area contributed by atoms with E-state index in [-0.39, 0.29) is 0 Å². The Balaban J connectivity index is 1.53. The summed E-state index contributed by atoms with van der Waals surface area (Å²) in [6.45, 7) is 8.93. The highest BCUT2D eigenvalue weighted by atomic mass is 15.2. The van der Waals surface area contributed by atoms with Gasteiger partial charge >= 0.3 is 0 Å². The summed E-state index contributed by atoms with van der Waals surface area (Å²) in [4.78, 5) is 5.37. The number of rotatable bonds is 2. The zero-order chi connectivity index (χ0) is 13.2. The van der Waals surface area contributed by atoms with Crippen molar-refractivity contribution >= 4 is 0 Å². The van der Waals surface area contributed by atoms with Gasteiger partial charge in [0.1, 0.15) is 0 Å². The van der Waals surface area contributed by atoms with Gasteiger partial charge in [-0.15, -0.1) is 0 Å². The van der Waals surface area contributed by atoms with E-state index in [9.17, 15) is 0 Å². The third-order valence-electron chi connectivity index (χ3n) is 5.81. The van der Waals surface area contributed by atoms with E-state index in [0.29, 0.717) is 0 Å². The Kier molecular flexibility index (Phi) is 4.45. The molecule has 3 aliphatic heterocycles. The van der Waals surface area contributed by atoms with E-state index in [4.69, 9.17) is 0 Å². The fraction of sp³-hybridized carbons (Fsp3) is 1.00. The lowest BCUT2D eigenvalue weighted by Crippen LogP contribution is -2.56. The van der Waals surface area contributed by atoms with Crippen LogP contribution in [0.15, 0.2) is 0 Å². The molecular formula is C16H31N3. The maximum Gasteiger partial charge on any atom is 0.0220 e. The molecule has 110 valence electrons. The highest BCUT2D eigenvalue weighted by molar-refractivity contribution is 4.91. The molecule has 0 bridgehead atoms. The molecule has 0 aliphatic carbocycles. The standard InChI is InChI=1S/C16H31N3/c1-13-5-3-8-17-15(13)12-19-10-7-16-14(11-19)6-4-9-18(16)2/h13-17H,3-12H2,1-2H3. The van der Waals surface area contributed by atoms with Crippen LogP contribution >= 0.6 is 0 Å². The topological polar surface area (TPSA) is 18.5 Å². The second-order valence-corrected chi connectivity index (χ2v) is 7.18. The molecule has 1 N–H and O–H groups in total. The summed E-state index contributed by atoms with van der Waals surface area (Å²) < 4.78 is 0. The normalized spacial score (nSPS) is 42.0. The summed E-state index contributed by atoms with van der Waals surface area (Å²) in [7, 11) is 2.33. The molecule has 0 aromatic heterocycles. The Morgan fingerprint density at radius 1 is 1.11 bits per heavy atom. The van der Waals surface area contributed by atoms with Gasteiger partial charge < -0.3 is 15.1 Å². The largest absolute Gasteiger partial charge is 0.312 e. The van der Waals surface area contributed by atoms with E-state index in [2.05, 4.69) is 29.1 Å². The summed E-state index contributed by atoms with van der Waals surface area (Å²) in [5, 5.41) is 3.74. The second kappa shape index (κ2) is 6.11. The molecule has 3 saturated heterocycles. The first kappa shape index (κ1) is 13.8. The minimum atomic E-state index is 0.742. The molecule has 3 rings (SSSR count). The van der Waals surface area contributed by atoms with Crippen LogP contribution in [0, 0.1) is 11.8 Å². The van der Waals surface area contributed by atoms with Crippen LogP contribution in [0.3, 0.4) is 0 Å². The summed E-state index contributed by atoms with van der Waals surface area (Å²) in [5.74, 6) is 1.80. The summed E-state index contributed by atoms with van der Waals surface area (Å²) in [6.07, 6.45) is 7.04. The van der Waals surface area contributed by atoms with Gasteiger partial charge in [0.25, 0.3) is 0 Å². The van der Waals surface area contributed by atoms with Crippen LogP contribution in [0.1, 0.15) is 39.0 Å². The lowest BCUT2D eigenvalue weighted by atomic mass is 9.83. The Hall–Kier alpha value is -0.120. The van der Waals surface area contributed by atoms with Crippen molar-refractivity contribution in [3.05, 3.63) is 0 Å². The molecule has 19 heavy (non-hydrogen) atoms. The van der Waals surface area contributed by atoms with Crippen LogP contribution in [0.25, 0.3) is 0 Å². The molecule has 3 aliphatic rings. The minimum Gasteiger partial charge on any atom is -0.312 e. The number of nitrogens with zero attached hydrogens (tertiary/aromatic N) is 2. The fourth-order valence-corrected chi connectivity index (χ4v) is 4.53. The van der Waals surface area contributed by atoms with E-state index >= 15 is 0 Å². The maximum absolute atomic E-state index is 3.74. The molecule has 0 amide bonds. The maximum atomic E-state index is 3.74. The van der Waals surface area contributed by atoms with Gasteiger partial charge in [-0.2, -0.15) is 0 Å². The van der Waals surface area contributed by atoms with Crippen molar-refractivity contribution < 1.29 is 0 Å². The molecule has 3 heteroatoms. The highest BCUT2D eigenvalue weighted by Gasteiger charge is 2.35. The van der Waals surface area contributed by atoms with Crippen LogP contribution in [0.2, 0.25) is 0 Å². The molecule has 4 unspecified atom stereocenters. The van der Waals surface area contributed by atoms with E-state index in [1.807, 2.05) is 0 Å². The fourth-order valence-electron chi connectivity index (χ4n) is 4.53. The van der Waals surface area contributed by atoms with Crippen molar-refractivity contribution in [2.45, 2.75) is 51.1 Å². The molecule has 4 atom stereocenters. The van der Waals surface area contributed by atoms with Crippen molar-refractivity contribution in [2.75, 3.05) is 39.8 Å². The van der Waals surface area contributed by atoms with E-state index in [0.717, 1.165) is 23.9 Å². The molecule has 0 aromatic rings. The number of fused-ring (bicyclic) bond motifs is 1. The first-order valence-corrected chi connectivity index (χ1v) is 8.40. The van der Waals surface area contributed by atoms with Crippen LogP contribution in [0.4, 0.5) is 0 Å². The summed E-state index contributed by atoms with van der Waals surface area (Å²) in [6, 6.07) is 1.62. The zero-order valence-electron chi connectivity index (χ0n) is 12.8. The van der Waals surface area contributed by atoms with Crippen LogP contribution in [-0.4, -0.2) is 61.7 Å². The van der Waals surface area contributed by atoms with Crippen molar-refractivity contribution in [2.24, 2.45) is 11.8 Å². The molecule has 3 fully saturated rings. The first-order chi connectivity index (χ1) is 9.24. The van der Waals surface area contributed by atoms with E-state index in [1.54, 1.807) is 0 Å². The average molecular weight is 265 g/mol. The van der Waals surface area contributed by atoms with Gasteiger partial charge in [-0.25, -0.2) is 0 Å². The molecule has 0 radical (unpaired) electrons. The van der Waals surface area contributed by atoms with Gasteiger partial charge in [-0.3, -0.25) is 0 Å². The number of likely N-dealkylation sites (tertiary alicyclic amines) is 2. The van der Waals surface area contributed by atoms with Crippen molar-refractivity contribution in [3.63, 3.8) is 0 Å². The van der Waals surface area contributed by atoms with Crippen molar-refractivity contribution in [3.8, 4) is 0 Å². The molecular weight excluding hydrogens is 234 g/mol. The zero-order valence-corrected chi connectivity index (χ0v) is 12.8. The smallest absolute Gasteiger partial charge is 0.0220 e. The quantitative estimate of drug-likeness (QED) is 0.821. The van der Waals surface area contributed by atoms with Gasteiger partial charge in [0.05, 0.1) is 0 Å². The second-order valence-electron chi connectivity index (χ2n) is 7.18. The van der Waals surface area contributed by atoms with Gasteiger partial charge in [0, 0.05) is 25.2 Å². The Labute approximate surface area is 118 Å². The molecule has 3 heterocycles. The average Bonchev–Trinajstić information content (AvgIpc) is 2.42. The van der Waals surface area contributed by atoms with Crippen LogP contribution in [-0.2, 0) is 0 Å². The minimum absolute atomic E-state index is 0.742. The van der Waals surface area contributed by atoms with Crippen LogP contribution in [0.5, 0.6) is 0 Å². The van der Waals surface area contributed by atoms with Gasteiger partial charge in [0.2, 0.25) is 0 Å². The molecule has 3 nitrogen and oxygen atoms in total. The van der Waals surface area contributed by atoms with Gasteiger partial charge in [-0.1, -0.05) is 6.92 Å². The lowest BCUT2D eigenvalue weighted by molar-refractivity contribution is 0.0307. The Morgan fingerprint density at radius 3 is 2.84 bits per heavy atom. The number of piperidine rings is 3. The molecule has 0 saturated carbocycles. The third-order valence-corrected chi connectivity index (χ3v) is 5.81. The van der Waals surface area contributed by atoms with Gasteiger partial charge in [0.15, 0.2) is 0 Å². The predicted octanol–water partition coefficient (Wildman–Crippen LogP) is 1.79. The highest BCUT2D eigenvalue weighted by Crippen LogP contribution is 2.30. The van der Waals surface area contributed by atoms with Crippen molar-refractivity contribution in [1.29, 1.82) is 0 Å². The Morgan fingerprint density at radius 2 is 2.00 bits per heavy atom. The third kappa shape index (κ3) is 3.14. The van der Waals surface area contributed by atoms with Gasteiger partial charge in [-0.05, 0) is 70.6 Å². The molecule has 0 aromatic carbocycles. The first-order valence-electron chi connectivity index (χ1n) is 8.40. The van der Waals surface area contributed by atoms with E-state index in [1.165, 1.54) is 64.8 Å². The number of hydrogen-bond acceptors (Lipinski definition) is 3. The van der Waals surface area contributed by atoms with Crippen LogP contribution < -0.4 is 5.32 Å². The summed E-state index contributed by atoms with van der Waals surface area (Å²) >= 11 is 0. The number of nitrogens with one attached hydrogen (secondary N) is 1. The lowest BCUT2D eigenvalue weighted by Gasteiger charge is -2.47. The predicted molar refractivity (Wildman–Crippen MR) is 80.4 cm³/mol. The SMILES string of the molecule is CC1CCCNC1CN1CCC2C(CCCN2C)C1. The monoisotopic (exact) mass is 265 g/mol. The summed E-state index contributed by atoms with van der Waals surface area (Å²) in [5.41, 5.74) is 0. The molecule has 0 spiro atoms. The Bertz CT molecular complexity index is 294. The number of hydrogen-bond donors (Lipinski definition) is 1. The van der Waals surface area contributed by atoms with Crippen molar-refractivity contribution in [1.82, 2.24) is 15.1 Å². The van der Waals surface area contributed by atoms with E-state index < -0.39 is 0 Å².